The van der Waals surface area contributed by atoms with E-state index in [-0.39, 0.29) is 11.0 Å². The summed E-state index contributed by atoms with van der Waals surface area (Å²) in [4.78, 5) is 26.2. The Kier molecular flexibility index (Phi) is 61.6. The number of amides is 1. The second-order valence-corrected chi connectivity index (χ2v) is 23.8. The van der Waals surface area contributed by atoms with E-state index in [1.165, 1.54) is 4.70 Å². The summed E-state index contributed by atoms with van der Waals surface area (Å²) in [6.45, 7) is 6.61. The fraction of sp³-hybridized carbons (Fsp3) is 0.375. The normalized spacial score (nSPS) is 10.5. The maximum atomic E-state index is 12.2. The number of unbranched alkanes of at least 4 members (excludes halogenated alkanes) is 2. The van der Waals surface area contributed by atoms with Gasteiger partial charge in [0.15, 0.2) is 19.7 Å². The van der Waals surface area contributed by atoms with Crippen LogP contribution in [0.15, 0.2) is 209 Å². The highest BCUT2D eigenvalue weighted by Gasteiger charge is 2.14. The third kappa shape index (κ3) is 55.6. The molecule has 0 aliphatic heterocycles. The SMILES string of the molecule is CCCCN(CCCC)C(=O)c1cccnc1.CN(C)C(=S)NC(=S)N(C)C.CSc1nc2ccccc2s1.N/N=N/N=N/N=N/N=N/N=N/N=N/N=N/N=N/N=N/N=N/N=N/N=NC#CC#CC#CC#CC#CC#CNC(N)=S.OCCCSCCSCCCO.S=c1nn[nH]n1-c1ccccc1. The lowest BCUT2D eigenvalue weighted by molar-refractivity contribution is 0.0750. The Labute approximate surface area is 636 Å². The van der Waals surface area contributed by atoms with Crippen molar-refractivity contribution < 1.29 is 15.0 Å². The number of thiazole rings is 1. The third-order valence-electron chi connectivity index (χ3n) is 9.84. The van der Waals surface area contributed by atoms with Crippen LogP contribution in [-0.2, 0) is 0 Å². The molecule has 3 aromatic heterocycles. The number of hydrogen-bond donors (Lipinski definition) is 7. The van der Waals surface area contributed by atoms with Crippen molar-refractivity contribution in [3.05, 3.63) is 89.5 Å². The highest BCUT2D eigenvalue weighted by Crippen LogP contribution is 2.27. The molecule has 5 rings (SSSR count). The van der Waals surface area contributed by atoms with E-state index in [1.54, 1.807) is 50.0 Å². The molecule has 104 heavy (non-hydrogen) atoms. The lowest BCUT2D eigenvalue weighted by atomic mass is 10.2. The average molecular weight is 1570 g/mol. The summed E-state index contributed by atoms with van der Waals surface area (Å²) in [5.41, 5.74) is 7.90. The lowest BCUT2D eigenvalue weighted by Gasteiger charge is -2.22. The first kappa shape index (κ1) is 92.8. The summed E-state index contributed by atoms with van der Waals surface area (Å²) in [5, 5.41) is 106. The number of rotatable bonds is 29. The zero-order valence-electron chi connectivity index (χ0n) is 56.9. The monoisotopic (exact) mass is 1570 g/mol. The number of fused-ring (bicyclic) bond motifs is 1. The van der Waals surface area contributed by atoms with E-state index in [0.29, 0.717) is 33.8 Å². The number of thiocarbonyl (C=S) groups is 3. The van der Waals surface area contributed by atoms with Crippen LogP contribution in [0.4, 0.5) is 0 Å². The third-order valence-corrected chi connectivity index (χ3v) is 15.6. The largest absolute Gasteiger partial charge is 0.396 e. The number of para-hydroxylation sites is 2. The Bertz CT molecular complexity index is 4040. The van der Waals surface area contributed by atoms with Gasteiger partial charge in [-0.3, -0.25) is 15.1 Å². The van der Waals surface area contributed by atoms with Gasteiger partial charge in [-0.05, 0) is 207 Å². The number of hydrogen-bond acceptors (Lipinski definition) is 17. The number of nitrogens with one attached hydrogen (secondary N) is 3. The number of tetrazole rings is 1. The number of thioether (sulfide) groups is 3. The molecule has 0 saturated carbocycles. The van der Waals surface area contributed by atoms with Crippen molar-refractivity contribution in [3.63, 3.8) is 0 Å². The van der Waals surface area contributed by atoms with Crippen molar-refractivity contribution in [2.75, 3.05) is 83.8 Å². The quantitative estimate of drug-likeness (QED) is 0.00342. The summed E-state index contributed by atoms with van der Waals surface area (Å²) in [6, 6.07) is 26.1. The lowest BCUT2D eigenvalue weighted by Crippen LogP contribution is -2.43. The Hall–Kier alpha value is -11.2. The van der Waals surface area contributed by atoms with Crippen LogP contribution in [0, 0.1) is 76.1 Å². The fourth-order valence-corrected chi connectivity index (χ4v) is 9.39. The van der Waals surface area contributed by atoms with E-state index >= 15 is 0 Å². The van der Waals surface area contributed by atoms with Gasteiger partial charge >= 0.3 is 0 Å². The number of carbonyl (C=O) groups excluding carboxylic acids is 1. The molecule has 1 amide bonds. The summed E-state index contributed by atoms with van der Waals surface area (Å²) >= 11 is 26.7. The summed E-state index contributed by atoms with van der Waals surface area (Å²) in [6.07, 6.45) is 11.6. The predicted molar refractivity (Wildman–Crippen MR) is 411 cm³/mol. The molecule has 0 aliphatic carbocycles. The summed E-state index contributed by atoms with van der Waals surface area (Å²) in [7, 11) is 7.47. The highest BCUT2D eigenvalue weighted by atomic mass is 32.2. The standard InChI is InChI=1S/C14H22N2O.C13H5N27S.C8H7NS2.C8H18O2S2.C7H6N4S.C6H13N3S2/c1-3-5-10-16(11-6-4-2)14(17)13-8-7-9-15-12-13;14-13(41)16-11-9-7-5-3-1-2-4-6-8-10-12-17-19-21-23-25-27-29-31-33-35-37-39-40-38-36-34-32-30-28-26-24-22-20-18-15;1-10-8-9-6-4-2-3-5-7(6)11-8;9-3-1-5-11-7-8-12-6-2-4-10;12-7-8-9-10-11(7)6-4-2-1-3-5-6;1-8(2)5(10)7-6(11)9(3)4/h7-9,12H,3-6,10-11H2,1-2H3;(H3,14,16,41)(H2,15,17,20,21,24,25,28,29,32,33,36,37,40);2-5H,1H3;9-10H,1-8H2;1-5H,(H,8,10,12);1-4H3,(H,7,10,11). The first-order valence-corrected chi connectivity index (χ1v) is 35.5. The number of aromatic amines is 1. The van der Waals surface area contributed by atoms with Crippen molar-refractivity contribution in [1.29, 1.82) is 0 Å². The molecule has 0 fully saturated rings. The molecule has 5 aromatic rings. The molecule has 2 aromatic carbocycles. The van der Waals surface area contributed by atoms with E-state index in [0.717, 1.165) is 90.2 Å². The van der Waals surface area contributed by atoms with Gasteiger partial charge in [0.1, 0.15) is 0 Å². The zero-order valence-corrected chi connectivity index (χ0v) is 63.5. The maximum absolute atomic E-state index is 12.2. The van der Waals surface area contributed by atoms with Gasteiger partial charge in [-0.2, -0.15) is 28.7 Å². The van der Waals surface area contributed by atoms with E-state index in [1.807, 2.05) is 117 Å². The van der Waals surface area contributed by atoms with Gasteiger partial charge in [-0.25, -0.2) is 9.67 Å². The van der Waals surface area contributed by atoms with Gasteiger partial charge in [0.25, 0.3) is 5.91 Å². The molecule has 48 heteroatoms. The van der Waals surface area contributed by atoms with Gasteiger partial charge in [-0.1, -0.05) is 89.4 Å². The zero-order chi connectivity index (χ0) is 76.4. The van der Waals surface area contributed by atoms with Crippen molar-refractivity contribution >= 4 is 127 Å². The molecule has 0 spiro atoms. The second-order valence-electron chi connectivity index (χ2n) is 17.7. The molecule has 9 N–H and O–H groups in total. The summed E-state index contributed by atoms with van der Waals surface area (Å²) < 4.78 is 4.49. The number of benzene rings is 2. The van der Waals surface area contributed by atoms with Crippen LogP contribution in [-0.4, -0.2) is 160 Å². The molecule has 40 nitrogen and oxygen atoms in total. The molecule has 0 unspecified atom stereocenters. The number of aromatic nitrogens is 6. The summed E-state index contributed by atoms with van der Waals surface area (Å²) in [5.74, 6) is 33.2. The minimum atomic E-state index is 0.0445. The number of aliphatic hydroxyl groups is 2. The molecule has 3 heterocycles. The molecular weight excluding hydrogens is 1500 g/mol. The van der Waals surface area contributed by atoms with Crippen LogP contribution in [0.1, 0.15) is 62.7 Å². The van der Waals surface area contributed by atoms with Crippen LogP contribution in [0.25, 0.3) is 15.9 Å². The van der Waals surface area contributed by atoms with Crippen LogP contribution < -0.4 is 22.2 Å². The van der Waals surface area contributed by atoms with Crippen molar-refractivity contribution in [2.24, 2.45) is 137 Å². The Balaban J connectivity index is 0.00000137. The number of H-pyrrole nitrogens is 1. The maximum Gasteiger partial charge on any atom is 0.255 e. The van der Waals surface area contributed by atoms with Gasteiger partial charge in [-0.15, -0.1) is 11.3 Å². The Morgan fingerprint density at radius 3 is 1.49 bits per heavy atom. The Morgan fingerprint density at radius 1 is 0.615 bits per heavy atom. The van der Waals surface area contributed by atoms with Crippen molar-refractivity contribution in [2.45, 2.75) is 56.7 Å². The van der Waals surface area contributed by atoms with Gasteiger partial charge in [0.2, 0.25) is 4.77 Å². The Morgan fingerprint density at radius 2 is 1.08 bits per heavy atom. The number of carbonyl (C=O) groups is 1. The minimum absolute atomic E-state index is 0.0445. The molecule has 0 bridgehead atoms. The molecule has 0 radical (unpaired) electrons. The predicted octanol–water partition coefficient (Wildman–Crippen LogP) is 12.1. The molecule has 0 saturated heterocycles. The molecule has 546 valence electrons. The number of pyridine rings is 1. The van der Waals surface area contributed by atoms with E-state index in [9.17, 15) is 4.79 Å². The van der Waals surface area contributed by atoms with Crippen molar-refractivity contribution in [3.8, 4) is 77.0 Å². The first-order chi connectivity index (χ1) is 50.7. The molecule has 0 aliphatic rings. The fourth-order valence-electron chi connectivity index (χ4n) is 5.39. The van der Waals surface area contributed by atoms with Crippen LogP contribution >= 0.6 is 95.5 Å². The number of nitrogens with zero attached hydrogens (tertiary/aromatic N) is 32. The van der Waals surface area contributed by atoms with Crippen LogP contribution in [0.5, 0.6) is 0 Å². The van der Waals surface area contributed by atoms with E-state index in [2.05, 4.69) is 277 Å². The van der Waals surface area contributed by atoms with Crippen molar-refractivity contribution in [1.82, 2.24) is 55.5 Å². The highest BCUT2D eigenvalue weighted by molar-refractivity contribution is 8.02. The van der Waals surface area contributed by atoms with Gasteiger partial charge in [0, 0.05) is 180 Å². The van der Waals surface area contributed by atoms with E-state index < -0.39 is 0 Å². The topological polar surface area (TPSA) is 512 Å². The van der Waals surface area contributed by atoms with Crippen LogP contribution in [0.3, 0.4) is 0 Å². The first-order valence-electron chi connectivity index (χ1n) is 29.5. The number of aliphatic hydroxyl groups excluding tert-OH is 2. The smallest absolute Gasteiger partial charge is 0.255 e. The van der Waals surface area contributed by atoms with Crippen LogP contribution in [0.2, 0.25) is 0 Å². The van der Waals surface area contributed by atoms with Gasteiger partial charge in [0.05, 0.1) is 27.5 Å². The molecule has 0 atom stereocenters. The average Bonchev–Trinajstić information content (AvgIpc) is 1.70. The molecular formula is C56H71N37O3S8. The van der Waals surface area contributed by atoms with Gasteiger partial charge < -0.3 is 41.8 Å². The minimum Gasteiger partial charge on any atom is -0.396 e. The number of nitrogens with two attached hydrogens (primary N) is 2. The van der Waals surface area contributed by atoms with E-state index in [4.69, 9.17) is 52.6 Å². The second kappa shape index (κ2) is 68.9.